The van der Waals surface area contributed by atoms with E-state index in [1.165, 1.54) is 43.2 Å². The standard InChI is InChI=1S/C15H19N3S/c1-11-7-5-6-10-13(11)14-16-17-15(19)18(14)12-8-3-2-4-9-12/h5-7,10,12H,2-4,8-9H2,1H3,(H,17,19). The molecule has 3 rings (SSSR count). The second-order valence-electron chi connectivity index (χ2n) is 5.33. The van der Waals surface area contributed by atoms with Crippen molar-refractivity contribution in [3.63, 3.8) is 0 Å². The molecule has 1 N–H and O–H groups in total. The fraction of sp³-hybridized carbons (Fsp3) is 0.467. The molecule has 1 fully saturated rings. The second kappa shape index (κ2) is 5.29. The molecular formula is C15H19N3S. The van der Waals surface area contributed by atoms with Gasteiger partial charge in [-0.25, -0.2) is 0 Å². The molecule has 3 nitrogen and oxygen atoms in total. The van der Waals surface area contributed by atoms with E-state index in [9.17, 15) is 0 Å². The maximum atomic E-state index is 5.44. The van der Waals surface area contributed by atoms with Crippen molar-refractivity contribution in [1.29, 1.82) is 0 Å². The van der Waals surface area contributed by atoms with Gasteiger partial charge in [-0.1, -0.05) is 43.5 Å². The monoisotopic (exact) mass is 273 g/mol. The normalized spacial score (nSPS) is 16.7. The Morgan fingerprint density at radius 2 is 1.95 bits per heavy atom. The van der Waals surface area contributed by atoms with E-state index in [1.54, 1.807) is 0 Å². The topological polar surface area (TPSA) is 33.6 Å². The summed E-state index contributed by atoms with van der Waals surface area (Å²) in [5, 5.41) is 7.44. The Balaban J connectivity index is 2.08. The molecule has 0 atom stereocenters. The van der Waals surface area contributed by atoms with Gasteiger partial charge in [-0.15, -0.1) is 0 Å². The third kappa shape index (κ3) is 2.37. The van der Waals surface area contributed by atoms with E-state index in [1.807, 2.05) is 0 Å². The van der Waals surface area contributed by atoms with Crippen LogP contribution in [-0.2, 0) is 0 Å². The van der Waals surface area contributed by atoms with Crippen molar-refractivity contribution in [2.24, 2.45) is 0 Å². The lowest BCUT2D eigenvalue weighted by Gasteiger charge is -2.24. The zero-order valence-corrected chi connectivity index (χ0v) is 12.0. The first-order chi connectivity index (χ1) is 9.27. The molecule has 0 bridgehead atoms. The van der Waals surface area contributed by atoms with Crippen LogP contribution >= 0.6 is 12.2 Å². The third-order valence-electron chi connectivity index (χ3n) is 4.03. The molecule has 1 aliphatic rings. The van der Waals surface area contributed by atoms with Gasteiger partial charge in [0.05, 0.1) is 0 Å². The molecule has 1 aromatic heterocycles. The fourth-order valence-corrected chi connectivity index (χ4v) is 3.28. The molecule has 1 aliphatic carbocycles. The Labute approximate surface area is 118 Å². The number of aromatic amines is 1. The Hall–Kier alpha value is -1.42. The average molecular weight is 273 g/mol. The summed E-state index contributed by atoms with van der Waals surface area (Å²) in [7, 11) is 0. The minimum absolute atomic E-state index is 0.509. The summed E-state index contributed by atoms with van der Waals surface area (Å²) in [6.45, 7) is 2.12. The number of benzene rings is 1. The predicted molar refractivity (Wildman–Crippen MR) is 79.7 cm³/mol. The number of hydrogen-bond acceptors (Lipinski definition) is 2. The van der Waals surface area contributed by atoms with E-state index in [0.717, 1.165) is 10.6 Å². The largest absolute Gasteiger partial charge is 0.297 e. The number of H-pyrrole nitrogens is 1. The highest BCUT2D eigenvalue weighted by Crippen LogP contribution is 2.32. The quantitative estimate of drug-likeness (QED) is 0.822. The van der Waals surface area contributed by atoms with Crippen LogP contribution < -0.4 is 0 Å². The average Bonchev–Trinajstić information content (AvgIpc) is 2.82. The fourth-order valence-electron chi connectivity index (χ4n) is 3.00. The first-order valence-corrected chi connectivity index (χ1v) is 7.41. The van der Waals surface area contributed by atoms with Gasteiger partial charge < -0.3 is 0 Å². The summed E-state index contributed by atoms with van der Waals surface area (Å²) in [6, 6.07) is 8.88. The van der Waals surface area contributed by atoms with Crippen LogP contribution in [-0.4, -0.2) is 14.8 Å². The molecule has 19 heavy (non-hydrogen) atoms. The van der Waals surface area contributed by atoms with Gasteiger partial charge in [-0.3, -0.25) is 9.67 Å². The lowest BCUT2D eigenvalue weighted by atomic mass is 9.95. The highest BCUT2D eigenvalue weighted by Gasteiger charge is 2.21. The molecule has 0 radical (unpaired) electrons. The summed E-state index contributed by atoms with van der Waals surface area (Å²) in [5.74, 6) is 0.995. The summed E-state index contributed by atoms with van der Waals surface area (Å²) < 4.78 is 2.99. The van der Waals surface area contributed by atoms with Crippen molar-refractivity contribution in [2.75, 3.05) is 0 Å². The van der Waals surface area contributed by atoms with Crippen LogP contribution in [0.4, 0.5) is 0 Å². The van der Waals surface area contributed by atoms with Gasteiger partial charge in [-0.05, 0) is 37.5 Å². The maximum absolute atomic E-state index is 5.44. The summed E-state index contributed by atoms with van der Waals surface area (Å²) in [5.41, 5.74) is 2.42. The number of nitrogens with zero attached hydrogens (tertiary/aromatic N) is 2. The van der Waals surface area contributed by atoms with E-state index < -0.39 is 0 Å². The van der Waals surface area contributed by atoms with Crippen LogP contribution in [0.5, 0.6) is 0 Å². The number of rotatable bonds is 2. The minimum Gasteiger partial charge on any atom is -0.297 e. The third-order valence-corrected chi connectivity index (χ3v) is 4.32. The van der Waals surface area contributed by atoms with Crippen molar-refractivity contribution < 1.29 is 0 Å². The molecule has 0 saturated heterocycles. The molecule has 0 unspecified atom stereocenters. The lowest BCUT2D eigenvalue weighted by Crippen LogP contribution is -2.14. The van der Waals surface area contributed by atoms with Crippen molar-refractivity contribution >= 4 is 12.2 Å². The van der Waals surface area contributed by atoms with Crippen molar-refractivity contribution in [3.05, 3.63) is 34.6 Å². The molecule has 100 valence electrons. The van der Waals surface area contributed by atoms with Crippen LogP contribution in [0.25, 0.3) is 11.4 Å². The zero-order chi connectivity index (χ0) is 13.2. The van der Waals surface area contributed by atoms with E-state index >= 15 is 0 Å². The van der Waals surface area contributed by atoms with Crippen LogP contribution in [0.1, 0.15) is 43.7 Å². The number of aryl methyl sites for hydroxylation is 1. The lowest BCUT2D eigenvalue weighted by molar-refractivity contribution is 0.352. The minimum atomic E-state index is 0.509. The van der Waals surface area contributed by atoms with Gasteiger partial charge in [0.2, 0.25) is 0 Å². The van der Waals surface area contributed by atoms with Crippen LogP contribution in [0.2, 0.25) is 0 Å². The van der Waals surface area contributed by atoms with Crippen LogP contribution in [0, 0.1) is 11.7 Å². The van der Waals surface area contributed by atoms with Gasteiger partial charge in [-0.2, -0.15) is 5.10 Å². The second-order valence-corrected chi connectivity index (χ2v) is 5.72. The Kier molecular flexibility index (Phi) is 3.51. The van der Waals surface area contributed by atoms with Gasteiger partial charge in [0, 0.05) is 11.6 Å². The van der Waals surface area contributed by atoms with E-state index in [4.69, 9.17) is 12.2 Å². The smallest absolute Gasteiger partial charge is 0.195 e. The van der Waals surface area contributed by atoms with Gasteiger partial charge in [0.1, 0.15) is 0 Å². The summed E-state index contributed by atoms with van der Waals surface area (Å²) in [4.78, 5) is 0. The van der Waals surface area contributed by atoms with Crippen molar-refractivity contribution in [1.82, 2.24) is 14.8 Å². The van der Waals surface area contributed by atoms with Crippen molar-refractivity contribution in [2.45, 2.75) is 45.1 Å². The first kappa shape index (κ1) is 12.6. The summed E-state index contributed by atoms with van der Waals surface area (Å²) in [6.07, 6.45) is 6.37. The molecule has 1 aromatic carbocycles. The van der Waals surface area contributed by atoms with Crippen LogP contribution in [0.3, 0.4) is 0 Å². The molecule has 0 amide bonds. The summed E-state index contributed by atoms with van der Waals surface area (Å²) >= 11 is 5.44. The van der Waals surface area contributed by atoms with Crippen molar-refractivity contribution in [3.8, 4) is 11.4 Å². The first-order valence-electron chi connectivity index (χ1n) is 7.00. The molecule has 1 heterocycles. The molecule has 0 spiro atoms. The van der Waals surface area contributed by atoms with Gasteiger partial charge >= 0.3 is 0 Å². The molecular weight excluding hydrogens is 254 g/mol. The Morgan fingerprint density at radius 1 is 1.21 bits per heavy atom. The number of nitrogens with one attached hydrogen (secondary N) is 1. The van der Waals surface area contributed by atoms with E-state index in [2.05, 4.69) is 46.0 Å². The number of hydrogen-bond donors (Lipinski definition) is 1. The molecule has 2 aromatic rings. The van der Waals surface area contributed by atoms with E-state index in [-0.39, 0.29) is 0 Å². The molecule has 4 heteroatoms. The van der Waals surface area contributed by atoms with Gasteiger partial charge in [0.25, 0.3) is 0 Å². The SMILES string of the molecule is Cc1ccccc1-c1n[nH]c(=S)n1C1CCCCC1. The highest BCUT2D eigenvalue weighted by atomic mass is 32.1. The number of aromatic nitrogens is 3. The zero-order valence-electron chi connectivity index (χ0n) is 11.2. The Bertz CT molecular complexity index is 620. The van der Waals surface area contributed by atoms with E-state index in [0.29, 0.717) is 6.04 Å². The predicted octanol–water partition coefficient (Wildman–Crippen LogP) is 4.42. The highest BCUT2D eigenvalue weighted by molar-refractivity contribution is 7.71. The molecule has 0 aliphatic heterocycles. The van der Waals surface area contributed by atoms with Crippen LogP contribution in [0.15, 0.2) is 24.3 Å². The maximum Gasteiger partial charge on any atom is 0.195 e. The molecule has 1 saturated carbocycles. The Morgan fingerprint density at radius 3 is 2.68 bits per heavy atom. The van der Waals surface area contributed by atoms with Gasteiger partial charge in [0.15, 0.2) is 10.6 Å².